The molecule has 0 aromatic heterocycles. The number of aliphatic carboxylic acids is 1. The number of hydrogen-bond acceptors (Lipinski definition) is 5. The highest BCUT2D eigenvalue weighted by molar-refractivity contribution is 8.00. The number of nitro benzene ring substituents is 1. The van der Waals surface area contributed by atoms with Gasteiger partial charge < -0.3 is 5.11 Å². The monoisotopic (exact) mass is 329 g/mol. The molecule has 1 N–H and O–H groups in total. The number of halogens is 3. The molecule has 1 rings (SSSR count). The zero-order valence-electron chi connectivity index (χ0n) is 9.42. The molecule has 0 spiro atoms. The number of nitro groups is 1. The van der Waals surface area contributed by atoms with Crippen LogP contribution in [0.5, 0.6) is 0 Å². The van der Waals surface area contributed by atoms with Crippen molar-refractivity contribution < 1.29 is 32.2 Å². The van der Waals surface area contributed by atoms with Crippen molar-refractivity contribution in [1.82, 2.24) is 0 Å². The van der Waals surface area contributed by atoms with Crippen LogP contribution in [0.2, 0.25) is 0 Å². The van der Waals surface area contributed by atoms with E-state index in [-0.39, 0.29) is 4.90 Å². The number of benzene rings is 1. The molecule has 0 aliphatic heterocycles. The van der Waals surface area contributed by atoms with Gasteiger partial charge in [0.05, 0.1) is 20.5 Å². The van der Waals surface area contributed by atoms with Gasteiger partial charge in [0.1, 0.15) is 0 Å². The number of thioether (sulfide) groups is 1. The first kappa shape index (κ1) is 16.4. The molecule has 6 nitrogen and oxygen atoms in total. The van der Waals surface area contributed by atoms with E-state index in [1.165, 1.54) is 0 Å². The van der Waals surface area contributed by atoms with Crippen LogP contribution >= 0.6 is 11.8 Å². The number of carboxylic acids is 1. The SMILES string of the molecule is O=C(O)CSc1ccc(S(=O)C(F)(F)F)cc1[N+](=O)[O-]. The number of hydrogen-bond donors (Lipinski definition) is 1. The summed E-state index contributed by atoms with van der Waals surface area (Å²) in [5.41, 5.74) is -5.74. The van der Waals surface area contributed by atoms with Crippen LogP contribution in [0.25, 0.3) is 0 Å². The van der Waals surface area contributed by atoms with E-state index in [1.807, 2.05) is 0 Å². The van der Waals surface area contributed by atoms with Gasteiger partial charge in [-0.3, -0.25) is 14.9 Å². The molecule has 0 fully saturated rings. The van der Waals surface area contributed by atoms with Gasteiger partial charge >= 0.3 is 11.5 Å². The topological polar surface area (TPSA) is 97.5 Å². The van der Waals surface area contributed by atoms with Crippen molar-refractivity contribution in [1.29, 1.82) is 0 Å². The van der Waals surface area contributed by atoms with Crippen molar-refractivity contribution in [3.05, 3.63) is 28.3 Å². The molecule has 0 amide bonds. The van der Waals surface area contributed by atoms with Gasteiger partial charge in [-0.05, 0) is 12.1 Å². The van der Waals surface area contributed by atoms with E-state index < -0.39 is 43.5 Å². The fourth-order valence-electron chi connectivity index (χ4n) is 1.15. The summed E-state index contributed by atoms with van der Waals surface area (Å²) in [6.07, 6.45) is 0. The third-order valence-corrected chi connectivity index (χ3v) is 4.05. The van der Waals surface area contributed by atoms with E-state index in [1.54, 1.807) is 0 Å². The summed E-state index contributed by atoms with van der Waals surface area (Å²) in [4.78, 5) is 19.3. The maximum atomic E-state index is 12.3. The molecule has 0 aliphatic rings. The first-order valence-electron chi connectivity index (χ1n) is 4.74. The van der Waals surface area contributed by atoms with Gasteiger partial charge in [-0.1, -0.05) is 0 Å². The van der Waals surface area contributed by atoms with Crippen LogP contribution in [0.4, 0.5) is 18.9 Å². The minimum absolute atomic E-state index is 0.111. The van der Waals surface area contributed by atoms with Crippen LogP contribution in [0.15, 0.2) is 28.0 Å². The molecule has 0 aliphatic carbocycles. The van der Waals surface area contributed by atoms with Gasteiger partial charge in [0.25, 0.3) is 5.69 Å². The molecular formula is C9H6F3NO5S2. The highest BCUT2D eigenvalue weighted by Crippen LogP contribution is 2.34. The lowest BCUT2D eigenvalue weighted by molar-refractivity contribution is -0.387. The average molecular weight is 329 g/mol. The summed E-state index contributed by atoms with van der Waals surface area (Å²) in [7, 11) is -3.38. The Kier molecular flexibility index (Phi) is 5.11. The lowest BCUT2D eigenvalue weighted by Gasteiger charge is -2.07. The van der Waals surface area contributed by atoms with Crippen molar-refractivity contribution in [2.45, 2.75) is 15.3 Å². The Balaban J connectivity index is 3.17. The van der Waals surface area contributed by atoms with Crippen LogP contribution in [0.1, 0.15) is 0 Å². The second-order valence-electron chi connectivity index (χ2n) is 3.28. The Labute approximate surface area is 116 Å². The third kappa shape index (κ3) is 4.20. The predicted molar refractivity (Wildman–Crippen MR) is 63.9 cm³/mol. The van der Waals surface area contributed by atoms with Crippen molar-refractivity contribution >= 4 is 34.2 Å². The fourth-order valence-corrected chi connectivity index (χ4v) is 2.55. The molecule has 11 heteroatoms. The highest BCUT2D eigenvalue weighted by Gasteiger charge is 2.38. The van der Waals surface area contributed by atoms with Crippen molar-refractivity contribution in [2.24, 2.45) is 0 Å². The van der Waals surface area contributed by atoms with Gasteiger partial charge in [-0.15, -0.1) is 11.8 Å². The number of carboxylic acid groups (broad SMARTS) is 1. The summed E-state index contributed by atoms with van der Waals surface area (Å²) in [6, 6.07) is 2.30. The maximum Gasteiger partial charge on any atom is 0.475 e. The lowest BCUT2D eigenvalue weighted by Crippen LogP contribution is -2.16. The van der Waals surface area contributed by atoms with Crippen LogP contribution in [-0.4, -0.2) is 31.5 Å². The van der Waals surface area contributed by atoms with Gasteiger partial charge in [0.2, 0.25) is 0 Å². The standard InChI is InChI=1S/C9H6F3NO5S2/c10-9(11,12)20(18)5-1-2-7(19-4-8(14)15)6(3-5)13(16)17/h1-3H,4H2,(H,14,15). The third-order valence-electron chi connectivity index (χ3n) is 1.90. The lowest BCUT2D eigenvalue weighted by atomic mass is 10.3. The molecule has 0 saturated heterocycles. The van der Waals surface area contributed by atoms with Crippen LogP contribution < -0.4 is 0 Å². The van der Waals surface area contributed by atoms with Crippen molar-refractivity contribution in [2.75, 3.05) is 5.75 Å². The molecule has 0 bridgehead atoms. The zero-order chi connectivity index (χ0) is 15.5. The first-order valence-corrected chi connectivity index (χ1v) is 6.88. The second kappa shape index (κ2) is 6.22. The quantitative estimate of drug-likeness (QED) is 0.506. The molecule has 0 saturated carbocycles. The zero-order valence-corrected chi connectivity index (χ0v) is 11.0. The number of rotatable bonds is 5. The minimum Gasteiger partial charge on any atom is -0.481 e. The Morgan fingerprint density at radius 2 is 2.05 bits per heavy atom. The summed E-state index contributed by atoms with van der Waals surface area (Å²) < 4.78 is 47.9. The van der Waals surface area contributed by atoms with E-state index in [9.17, 15) is 32.3 Å². The van der Waals surface area contributed by atoms with Crippen LogP contribution in [0.3, 0.4) is 0 Å². The fraction of sp³-hybridized carbons (Fsp3) is 0.222. The van der Waals surface area contributed by atoms with Gasteiger partial charge in [0, 0.05) is 6.07 Å². The normalized spacial score (nSPS) is 12.9. The second-order valence-corrected chi connectivity index (χ2v) is 5.77. The predicted octanol–water partition coefficient (Wildman–Crippen LogP) is 2.40. The summed E-state index contributed by atoms with van der Waals surface area (Å²) >= 11 is 0.590. The Hall–Kier alpha value is -1.62. The van der Waals surface area contributed by atoms with Gasteiger partial charge in [-0.2, -0.15) is 13.2 Å². The van der Waals surface area contributed by atoms with Crippen molar-refractivity contribution in [3.63, 3.8) is 0 Å². The minimum atomic E-state index is -5.02. The molecular weight excluding hydrogens is 323 g/mol. The number of alkyl halides is 3. The Morgan fingerprint density at radius 1 is 1.45 bits per heavy atom. The molecule has 1 aromatic carbocycles. The molecule has 1 atom stereocenters. The maximum absolute atomic E-state index is 12.3. The Bertz CT molecular complexity index is 575. The van der Waals surface area contributed by atoms with E-state index in [0.29, 0.717) is 17.8 Å². The van der Waals surface area contributed by atoms with E-state index >= 15 is 0 Å². The Morgan fingerprint density at radius 3 is 2.50 bits per heavy atom. The van der Waals surface area contributed by atoms with E-state index in [4.69, 9.17) is 5.11 Å². The molecule has 0 heterocycles. The molecule has 110 valence electrons. The van der Waals surface area contributed by atoms with Gasteiger partial charge in [-0.25, -0.2) is 4.21 Å². The van der Waals surface area contributed by atoms with E-state index in [0.717, 1.165) is 12.1 Å². The summed E-state index contributed by atoms with van der Waals surface area (Å²) in [6.45, 7) is 0. The molecule has 0 radical (unpaired) electrons. The van der Waals surface area contributed by atoms with E-state index in [2.05, 4.69) is 0 Å². The summed E-state index contributed by atoms with van der Waals surface area (Å²) in [5.74, 6) is -1.71. The average Bonchev–Trinajstić information content (AvgIpc) is 2.33. The molecule has 1 unspecified atom stereocenters. The summed E-state index contributed by atoms with van der Waals surface area (Å²) in [5, 5.41) is 19.2. The van der Waals surface area contributed by atoms with Crippen molar-refractivity contribution in [3.8, 4) is 0 Å². The van der Waals surface area contributed by atoms with Crippen LogP contribution in [0, 0.1) is 10.1 Å². The molecule has 20 heavy (non-hydrogen) atoms. The first-order chi connectivity index (χ1) is 9.12. The van der Waals surface area contributed by atoms with Gasteiger partial charge in [0.15, 0.2) is 10.8 Å². The smallest absolute Gasteiger partial charge is 0.475 e. The largest absolute Gasteiger partial charge is 0.481 e. The number of carbonyl (C=O) groups is 1. The van der Waals surface area contributed by atoms with Crippen LogP contribution in [-0.2, 0) is 15.6 Å². The number of nitrogens with zero attached hydrogens (tertiary/aromatic N) is 1. The highest BCUT2D eigenvalue weighted by atomic mass is 32.2. The molecule has 1 aromatic rings.